The summed E-state index contributed by atoms with van der Waals surface area (Å²) in [5.41, 5.74) is 0. The SMILES string of the molecule is CCCCCCC[C@@H](C)N[C@@H](C)CO. The number of nitrogens with one attached hydrogen (secondary N) is 1. The van der Waals surface area contributed by atoms with Crippen molar-refractivity contribution < 1.29 is 5.11 Å². The first-order chi connectivity index (χ1) is 6.70. The molecule has 2 atom stereocenters. The molecule has 0 unspecified atom stereocenters. The zero-order valence-electron chi connectivity index (χ0n) is 10.1. The highest BCUT2D eigenvalue weighted by atomic mass is 16.3. The van der Waals surface area contributed by atoms with E-state index in [9.17, 15) is 0 Å². The van der Waals surface area contributed by atoms with Crippen molar-refractivity contribution in [1.82, 2.24) is 5.32 Å². The highest BCUT2D eigenvalue weighted by Crippen LogP contribution is 2.07. The Morgan fingerprint density at radius 3 is 2.21 bits per heavy atom. The van der Waals surface area contributed by atoms with Crippen molar-refractivity contribution in [2.45, 2.75) is 71.4 Å². The topological polar surface area (TPSA) is 32.3 Å². The zero-order valence-corrected chi connectivity index (χ0v) is 10.1. The Morgan fingerprint density at radius 1 is 1.00 bits per heavy atom. The molecule has 2 heteroatoms. The lowest BCUT2D eigenvalue weighted by atomic mass is 10.1. The van der Waals surface area contributed by atoms with Gasteiger partial charge in [-0.2, -0.15) is 0 Å². The number of aliphatic hydroxyl groups excluding tert-OH is 1. The first-order valence-electron chi connectivity index (χ1n) is 6.07. The second-order valence-corrected chi connectivity index (χ2v) is 4.35. The number of hydrogen-bond donors (Lipinski definition) is 2. The molecule has 0 saturated heterocycles. The predicted molar refractivity (Wildman–Crippen MR) is 62.5 cm³/mol. The summed E-state index contributed by atoms with van der Waals surface area (Å²) in [4.78, 5) is 0. The number of rotatable bonds is 9. The Hall–Kier alpha value is -0.0800. The third kappa shape index (κ3) is 8.52. The molecule has 0 aliphatic rings. The Bertz CT molecular complexity index is 117. The van der Waals surface area contributed by atoms with Crippen LogP contribution in [-0.2, 0) is 0 Å². The summed E-state index contributed by atoms with van der Waals surface area (Å²) in [6.07, 6.45) is 7.96. The van der Waals surface area contributed by atoms with Crippen LogP contribution in [0.3, 0.4) is 0 Å². The maximum Gasteiger partial charge on any atom is 0.0582 e. The zero-order chi connectivity index (χ0) is 10.8. The second kappa shape index (κ2) is 9.47. The van der Waals surface area contributed by atoms with Gasteiger partial charge in [-0.25, -0.2) is 0 Å². The van der Waals surface area contributed by atoms with E-state index >= 15 is 0 Å². The highest BCUT2D eigenvalue weighted by Gasteiger charge is 2.05. The lowest BCUT2D eigenvalue weighted by molar-refractivity contribution is 0.240. The van der Waals surface area contributed by atoms with Gasteiger partial charge in [0.25, 0.3) is 0 Å². The molecule has 0 spiro atoms. The molecule has 0 rings (SSSR count). The molecule has 0 radical (unpaired) electrons. The fourth-order valence-corrected chi connectivity index (χ4v) is 1.68. The molecule has 2 N–H and O–H groups in total. The van der Waals surface area contributed by atoms with Crippen molar-refractivity contribution in [1.29, 1.82) is 0 Å². The molecular formula is C12H27NO. The lowest BCUT2D eigenvalue weighted by Crippen LogP contribution is -2.36. The summed E-state index contributed by atoms with van der Waals surface area (Å²) in [7, 11) is 0. The van der Waals surface area contributed by atoms with Crippen molar-refractivity contribution in [2.24, 2.45) is 0 Å². The lowest BCUT2D eigenvalue weighted by Gasteiger charge is -2.17. The second-order valence-electron chi connectivity index (χ2n) is 4.35. The Morgan fingerprint density at radius 2 is 1.64 bits per heavy atom. The normalized spacial score (nSPS) is 15.4. The summed E-state index contributed by atoms with van der Waals surface area (Å²) in [5.74, 6) is 0. The molecule has 0 aliphatic carbocycles. The average molecular weight is 201 g/mol. The van der Waals surface area contributed by atoms with Gasteiger partial charge < -0.3 is 10.4 Å². The van der Waals surface area contributed by atoms with Gasteiger partial charge in [-0.15, -0.1) is 0 Å². The summed E-state index contributed by atoms with van der Waals surface area (Å²) < 4.78 is 0. The van der Waals surface area contributed by atoms with Crippen molar-refractivity contribution in [2.75, 3.05) is 6.61 Å². The van der Waals surface area contributed by atoms with Crippen molar-refractivity contribution in [3.8, 4) is 0 Å². The average Bonchev–Trinajstić information content (AvgIpc) is 2.17. The van der Waals surface area contributed by atoms with Crippen LogP contribution in [0.2, 0.25) is 0 Å². The monoisotopic (exact) mass is 201 g/mol. The van der Waals surface area contributed by atoms with Gasteiger partial charge in [0.05, 0.1) is 6.61 Å². The molecule has 0 aromatic rings. The van der Waals surface area contributed by atoms with E-state index in [0.29, 0.717) is 6.04 Å². The highest BCUT2D eigenvalue weighted by molar-refractivity contribution is 4.66. The Kier molecular flexibility index (Phi) is 9.42. The van der Waals surface area contributed by atoms with Crippen LogP contribution >= 0.6 is 0 Å². The van der Waals surface area contributed by atoms with E-state index in [4.69, 9.17) is 5.11 Å². The first-order valence-corrected chi connectivity index (χ1v) is 6.07. The quantitative estimate of drug-likeness (QED) is 0.562. The molecule has 86 valence electrons. The van der Waals surface area contributed by atoms with E-state index in [1.54, 1.807) is 0 Å². The molecule has 14 heavy (non-hydrogen) atoms. The van der Waals surface area contributed by atoms with E-state index in [0.717, 1.165) is 0 Å². The Labute approximate surface area is 89.1 Å². The predicted octanol–water partition coefficient (Wildman–Crippen LogP) is 2.71. The van der Waals surface area contributed by atoms with Crippen LogP contribution < -0.4 is 5.32 Å². The van der Waals surface area contributed by atoms with Crippen molar-refractivity contribution in [3.05, 3.63) is 0 Å². The van der Waals surface area contributed by atoms with Gasteiger partial charge in [0, 0.05) is 12.1 Å². The van der Waals surface area contributed by atoms with Gasteiger partial charge in [0.15, 0.2) is 0 Å². The summed E-state index contributed by atoms with van der Waals surface area (Å²) in [5, 5.41) is 12.2. The van der Waals surface area contributed by atoms with Crippen LogP contribution in [0.25, 0.3) is 0 Å². The molecule has 0 aromatic carbocycles. The third-order valence-corrected chi connectivity index (χ3v) is 2.58. The van der Waals surface area contributed by atoms with Gasteiger partial charge in [-0.3, -0.25) is 0 Å². The first kappa shape index (κ1) is 13.9. The van der Waals surface area contributed by atoms with E-state index in [1.165, 1.54) is 38.5 Å². The molecule has 0 saturated carbocycles. The van der Waals surface area contributed by atoms with Crippen LogP contribution in [0.4, 0.5) is 0 Å². The van der Waals surface area contributed by atoms with Crippen LogP contribution in [0.5, 0.6) is 0 Å². The minimum atomic E-state index is 0.236. The summed E-state index contributed by atoms with van der Waals surface area (Å²) >= 11 is 0. The van der Waals surface area contributed by atoms with Crippen LogP contribution in [-0.4, -0.2) is 23.8 Å². The van der Waals surface area contributed by atoms with E-state index in [2.05, 4.69) is 19.2 Å². The number of unbranched alkanes of at least 4 members (excludes halogenated alkanes) is 4. The smallest absolute Gasteiger partial charge is 0.0582 e. The molecule has 0 aromatic heterocycles. The Balaban J connectivity index is 3.22. The molecular weight excluding hydrogens is 174 g/mol. The third-order valence-electron chi connectivity index (χ3n) is 2.58. The number of aliphatic hydroxyl groups is 1. The minimum absolute atomic E-state index is 0.236. The van der Waals surface area contributed by atoms with Gasteiger partial charge in [0.1, 0.15) is 0 Å². The van der Waals surface area contributed by atoms with Crippen LogP contribution in [0.1, 0.15) is 59.3 Å². The minimum Gasteiger partial charge on any atom is -0.395 e. The molecule has 0 amide bonds. The molecule has 0 bridgehead atoms. The van der Waals surface area contributed by atoms with E-state index < -0.39 is 0 Å². The maximum atomic E-state index is 8.86. The van der Waals surface area contributed by atoms with Crippen LogP contribution in [0.15, 0.2) is 0 Å². The van der Waals surface area contributed by atoms with Gasteiger partial charge >= 0.3 is 0 Å². The summed E-state index contributed by atoms with van der Waals surface area (Å²) in [6.45, 7) is 6.70. The van der Waals surface area contributed by atoms with Crippen molar-refractivity contribution in [3.63, 3.8) is 0 Å². The fourth-order valence-electron chi connectivity index (χ4n) is 1.68. The fraction of sp³-hybridized carbons (Fsp3) is 1.00. The van der Waals surface area contributed by atoms with Gasteiger partial charge in [-0.05, 0) is 20.3 Å². The molecule has 2 nitrogen and oxygen atoms in total. The molecule has 0 heterocycles. The van der Waals surface area contributed by atoms with E-state index in [1.807, 2.05) is 6.92 Å². The standard InChI is InChI=1S/C12H27NO/c1-4-5-6-7-8-9-11(2)13-12(3)10-14/h11-14H,4-10H2,1-3H3/t11-,12+/m1/s1. The van der Waals surface area contributed by atoms with Gasteiger partial charge in [0.2, 0.25) is 0 Å². The largest absolute Gasteiger partial charge is 0.395 e. The molecule has 0 aliphatic heterocycles. The van der Waals surface area contributed by atoms with Crippen LogP contribution in [0, 0.1) is 0 Å². The van der Waals surface area contributed by atoms with Crippen molar-refractivity contribution >= 4 is 0 Å². The summed E-state index contributed by atoms with van der Waals surface area (Å²) in [6, 6.07) is 0.777. The van der Waals surface area contributed by atoms with E-state index in [-0.39, 0.29) is 12.6 Å². The maximum absolute atomic E-state index is 8.86. The number of hydrogen-bond acceptors (Lipinski definition) is 2. The molecule has 0 fully saturated rings. The van der Waals surface area contributed by atoms with Gasteiger partial charge in [-0.1, -0.05) is 39.0 Å².